The lowest BCUT2D eigenvalue weighted by molar-refractivity contribution is -0.137. The lowest BCUT2D eigenvalue weighted by atomic mass is 10.1. The Balaban J connectivity index is 1.76. The Kier molecular flexibility index (Phi) is 3.83. The molecular weight excluding hydrogens is 363 g/mol. The van der Waals surface area contributed by atoms with E-state index < -0.39 is 11.7 Å². The molecule has 4 rings (SSSR count). The van der Waals surface area contributed by atoms with Gasteiger partial charge in [-0.25, -0.2) is 0 Å². The van der Waals surface area contributed by atoms with Crippen molar-refractivity contribution in [1.29, 1.82) is 0 Å². The van der Waals surface area contributed by atoms with E-state index in [0.29, 0.717) is 5.56 Å². The topological polar surface area (TPSA) is 109 Å². The molecule has 0 radical (unpaired) electrons. The van der Waals surface area contributed by atoms with Crippen molar-refractivity contribution in [3.63, 3.8) is 0 Å². The van der Waals surface area contributed by atoms with Crippen molar-refractivity contribution < 1.29 is 17.7 Å². The first-order valence-corrected chi connectivity index (χ1v) is 7.57. The molecule has 3 aromatic heterocycles. The van der Waals surface area contributed by atoms with Gasteiger partial charge in [-0.3, -0.25) is 4.98 Å². The van der Waals surface area contributed by atoms with Gasteiger partial charge in [0.2, 0.25) is 5.82 Å². The van der Waals surface area contributed by atoms with Crippen LogP contribution < -0.4 is 5.73 Å². The third-order valence-corrected chi connectivity index (χ3v) is 3.69. The summed E-state index contributed by atoms with van der Waals surface area (Å²) in [5, 5.41) is 11.3. The van der Waals surface area contributed by atoms with E-state index in [-0.39, 0.29) is 28.9 Å². The van der Waals surface area contributed by atoms with Crippen molar-refractivity contribution in [3.05, 3.63) is 54.4 Å². The number of halogens is 3. The Bertz CT molecular complexity index is 1090. The molecule has 0 atom stereocenters. The highest BCUT2D eigenvalue weighted by Gasteiger charge is 2.35. The molecule has 0 unspecified atom stereocenters. The summed E-state index contributed by atoms with van der Waals surface area (Å²) in [5.41, 5.74) is 5.39. The van der Waals surface area contributed by atoms with Crippen LogP contribution in [0, 0.1) is 0 Å². The summed E-state index contributed by atoms with van der Waals surface area (Å²) in [5.74, 6) is 0.0120. The average Bonchev–Trinajstić information content (AvgIpc) is 3.28. The zero-order valence-corrected chi connectivity index (χ0v) is 13.4. The highest BCUT2D eigenvalue weighted by Crippen LogP contribution is 2.35. The number of rotatable bonds is 3. The van der Waals surface area contributed by atoms with Crippen molar-refractivity contribution in [2.24, 2.45) is 0 Å². The summed E-state index contributed by atoms with van der Waals surface area (Å²) in [6.45, 7) is 0. The highest BCUT2D eigenvalue weighted by atomic mass is 19.4. The normalized spacial score (nSPS) is 11.7. The minimum absolute atomic E-state index is 0.0189. The number of para-hydroxylation sites is 1. The monoisotopic (exact) mass is 373 g/mol. The van der Waals surface area contributed by atoms with Gasteiger partial charge in [-0.05, 0) is 24.3 Å². The lowest BCUT2D eigenvalue weighted by Crippen LogP contribution is -2.12. The number of pyridine rings is 1. The zero-order valence-electron chi connectivity index (χ0n) is 13.4. The largest absolute Gasteiger partial charge is 0.418 e. The standard InChI is InChI=1S/C16H10F3N7O/c17-16(18,19)10-5-1-2-6-11(10)26-13(20)12(23-25-26)15-22-14(24-27-15)9-4-3-7-21-8-9/h1-8H,20H2. The van der Waals surface area contributed by atoms with Crippen molar-refractivity contribution in [3.8, 4) is 28.7 Å². The molecule has 136 valence electrons. The molecule has 27 heavy (non-hydrogen) atoms. The molecule has 4 aromatic rings. The van der Waals surface area contributed by atoms with Crippen LogP contribution in [0.3, 0.4) is 0 Å². The summed E-state index contributed by atoms with van der Waals surface area (Å²) >= 11 is 0. The van der Waals surface area contributed by atoms with Gasteiger partial charge in [0.05, 0.1) is 11.3 Å². The smallest absolute Gasteiger partial charge is 0.382 e. The van der Waals surface area contributed by atoms with Crippen molar-refractivity contribution in [2.45, 2.75) is 6.18 Å². The van der Waals surface area contributed by atoms with Crippen molar-refractivity contribution in [1.82, 2.24) is 30.1 Å². The molecule has 1 aromatic carbocycles. The Morgan fingerprint density at radius 1 is 1.07 bits per heavy atom. The van der Waals surface area contributed by atoms with Gasteiger partial charge in [-0.1, -0.05) is 22.5 Å². The van der Waals surface area contributed by atoms with Crippen LogP contribution in [0.15, 0.2) is 53.3 Å². The summed E-state index contributed by atoms with van der Waals surface area (Å²) in [6, 6.07) is 8.32. The van der Waals surface area contributed by atoms with Gasteiger partial charge in [0.15, 0.2) is 11.5 Å². The Morgan fingerprint density at radius 2 is 1.89 bits per heavy atom. The molecule has 0 fully saturated rings. The third kappa shape index (κ3) is 2.99. The maximum absolute atomic E-state index is 13.2. The molecule has 8 nitrogen and oxygen atoms in total. The molecule has 0 aliphatic carbocycles. The molecule has 0 aliphatic heterocycles. The van der Waals surface area contributed by atoms with Crippen LogP contribution >= 0.6 is 0 Å². The molecule has 0 bridgehead atoms. The minimum Gasteiger partial charge on any atom is -0.382 e. The van der Waals surface area contributed by atoms with E-state index in [1.807, 2.05) is 0 Å². The van der Waals surface area contributed by atoms with Crippen LogP contribution in [0.5, 0.6) is 0 Å². The number of aromatic nitrogens is 6. The van der Waals surface area contributed by atoms with Gasteiger partial charge < -0.3 is 10.3 Å². The maximum atomic E-state index is 13.2. The van der Waals surface area contributed by atoms with Crippen LogP contribution in [0.1, 0.15) is 5.56 Å². The van der Waals surface area contributed by atoms with E-state index in [0.717, 1.165) is 10.7 Å². The van der Waals surface area contributed by atoms with Crippen LogP contribution in [-0.4, -0.2) is 30.1 Å². The van der Waals surface area contributed by atoms with E-state index in [2.05, 4.69) is 25.4 Å². The lowest BCUT2D eigenvalue weighted by Gasteiger charge is -2.12. The Morgan fingerprint density at radius 3 is 2.63 bits per heavy atom. The van der Waals surface area contributed by atoms with E-state index >= 15 is 0 Å². The molecule has 11 heteroatoms. The van der Waals surface area contributed by atoms with Crippen LogP contribution in [0.2, 0.25) is 0 Å². The molecule has 0 amide bonds. The van der Waals surface area contributed by atoms with E-state index in [1.165, 1.54) is 24.4 Å². The molecular formula is C16H10F3N7O. The van der Waals surface area contributed by atoms with Gasteiger partial charge in [0.1, 0.15) is 0 Å². The van der Waals surface area contributed by atoms with Gasteiger partial charge in [0.25, 0.3) is 5.89 Å². The Hall–Kier alpha value is -3.76. The number of hydrogen-bond acceptors (Lipinski definition) is 7. The Labute approximate surface area is 149 Å². The average molecular weight is 373 g/mol. The fraction of sp³-hybridized carbons (Fsp3) is 0.0625. The summed E-state index contributed by atoms with van der Waals surface area (Å²) in [4.78, 5) is 8.11. The van der Waals surface area contributed by atoms with E-state index in [4.69, 9.17) is 10.3 Å². The first kappa shape index (κ1) is 16.7. The number of nitrogens with zero attached hydrogens (tertiary/aromatic N) is 6. The van der Waals surface area contributed by atoms with Crippen LogP contribution in [-0.2, 0) is 6.18 Å². The van der Waals surface area contributed by atoms with Gasteiger partial charge in [-0.15, -0.1) is 5.10 Å². The second-order valence-corrected chi connectivity index (χ2v) is 5.41. The number of benzene rings is 1. The van der Waals surface area contributed by atoms with Crippen LogP contribution in [0.25, 0.3) is 28.7 Å². The number of nitrogens with two attached hydrogens (primary N) is 1. The number of nitrogen functional groups attached to an aromatic ring is 1. The second kappa shape index (κ2) is 6.20. The van der Waals surface area contributed by atoms with Crippen LogP contribution in [0.4, 0.5) is 19.0 Å². The highest BCUT2D eigenvalue weighted by molar-refractivity contribution is 5.66. The molecule has 0 saturated carbocycles. The first-order chi connectivity index (χ1) is 12.9. The third-order valence-electron chi connectivity index (χ3n) is 3.69. The number of anilines is 1. The minimum atomic E-state index is -4.58. The molecule has 0 aliphatic rings. The number of hydrogen-bond donors (Lipinski definition) is 1. The van der Waals surface area contributed by atoms with Gasteiger partial charge in [0, 0.05) is 18.0 Å². The quantitative estimate of drug-likeness (QED) is 0.588. The van der Waals surface area contributed by atoms with E-state index in [1.54, 1.807) is 18.3 Å². The fourth-order valence-corrected chi connectivity index (χ4v) is 2.45. The van der Waals surface area contributed by atoms with Crippen molar-refractivity contribution in [2.75, 3.05) is 5.73 Å². The number of alkyl halides is 3. The molecule has 2 N–H and O–H groups in total. The summed E-state index contributed by atoms with van der Waals surface area (Å²) in [6.07, 6.45) is -1.45. The summed E-state index contributed by atoms with van der Waals surface area (Å²) < 4.78 is 45.7. The van der Waals surface area contributed by atoms with E-state index in [9.17, 15) is 13.2 Å². The predicted octanol–water partition coefficient (Wildman–Crippen LogP) is 2.98. The zero-order chi connectivity index (χ0) is 19.0. The molecule has 3 heterocycles. The summed E-state index contributed by atoms with van der Waals surface area (Å²) in [7, 11) is 0. The fourth-order valence-electron chi connectivity index (χ4n) is 2.45. The predicted molar refractivity (Wildman–Crippen MR) is 87.3 cm³/mol. The maximum Gasteiger partial charge on any atom is 0.418 e. The first-order valence-electron chi connectivity index (χ1n) is 7.57. The van der Waals surface area contributed by atoms with Crippen molar-refractivity contribution >= 4 is 5.82 Å². The van der Waals surface area contributed by atoms with Gasteiger partial charge >= 0.3 is 6.18 Å². The molecule has 0 saturated heterocycles. The second-order valence-electron chi connectivity index (χ2n) is 5.41. The molecule has 0 spiro atoms. The SMILES string of the molecule is Nc1c(-c2nc(-c3cccnc3)no2)nnn1-c1ccccc1C(F)(F)F. The van der Waals surface area contributed by atoms with Gasteiger partial charge in [-0.2, -0.15) is 22.8 Å².